The lowest BCUT2D eigenvalue weighted by molar-refractivity contribution is 0.102. The lowest BCUT2D eigenvalue weighted by atomic mass is 10.1. The van der Waals surface area contributed by atoms with E-state index in [2.05, 4.69) is 15.5 Å². The highest BCUT2D eigenvalue weighted by Gasteiger charge is 2.21. The van der Waals surface area contributed by atoms with Crippen LogP contribution in [-0.2, 0) is 0 Å². The highest BCUT2D eigenvalue weighted by Crippen LogP contribution is 2.31. The van der Waals surface area contributed by atoms with Crippen LogP contribution < -0.4 is 5.32 Å². The van der Waals surface area contributed by atoms with E-state index in [-0.39, 0.29) is 16.9 Å². The first-order valence-electron chi connectivity index (χ1n) is 9.04. The van der Waals surface area contributed by atoms with Gasteiger partial charge in [-0.25, -0.2) is 4.98 Å². The van der Waals surface area contributed by atoms with E-state index in [1.165, 1.54) is 11.2 Å². The van der Waals surface area contributed by atoms with Crippen LogP contribution >= 0.6 is 11.8 Å². The number of pyridine rings is 1. The molecule has 1 N–H and O–H groups in total. The lowest BCUT2D eigenvalue weighted by Crippen LogP contribution is -2.17. The number of hydrogen-bond donors (Lipinski definition) is 1. The van der Waals surface area contributed by atoms with Gasteiger partial charge in [0.25, 0.3) is 16.9 Å². The molecule has 0 bridgehead atoms. The number of rotatable bonds is 4. The number of nitrogens with one attached hydrogen (secondary N) is 1. The average Bonchev–Trinajstić information content (AvgIpc) is 3.39. The van der Waals surface area contributed by atoms with Crippen molar-refractivity contribution in [2.24, 2.45) is 0 Å². The second-order valence-electron chi connectivity index (χ2n) is 6.69. The Morgan fingerprint density at radius 1 is 1.13 bits per heavy atom. The number of carbonyl (C=O) groups is 2. The number of furan rings is 1. The monoisotopic (exact) mass is 422 g/mol. The molecule has 152 valence electrons. The minimum atomic E-state index is -0.369. The van der Waals surface area contributed by atoms with Gasteiger partial charge in [0.2, 0.25) is 0 Å². The molecular formula is C21H18N4O4S. The Morgan fingerprint density at radius 3 is 2.67 bits per heavy atom. The number of fused-ring (bicyclic) bond motifs is 1. The van der Waals surface area contributed by atoms with Crippen molar-refractivity contribution in [2.75, 3.05) is 19.4 Å². The van der Waals surface area contributed by atoms with E-state index in [0.29, 0.717) is 38.7 Å². The maximum absolute atomic E-state index is 13.2. The Labute approximate surface area is 176 Å². The summed E-state index contributed by atoms with van der Waals surface area (Å²) in [6, 6.07) is 12.3. The molecule has 0 spiro atoms. The van der Waals surface area contributed by atoms with E-state index in [9.17, 15) is 9.59 Å². The Kier molecular flexibility index (Phi) is 5.28. The zero-order valence-electron chi connectivity index (χ0n) is 16.5. The van der Waals surface area contributed by atoms with Crippen LogP contribution in [0, 0.1) is 6.92 Å². The van der Waals surface area contributed by atoms with Gasteiger partial charge >= 0.3 is 0 Å². The molecule has 4 aromatic rings. The number of carbonyl (C=O) groups excluding carboxylic acids is 2. The summed E-state index contributed by atoms with van der Waals surface area (Å²) in [6.45, 7) is 1.75. The van der Waals surface area contributed by atoms with Gasteiger partial charge in [-0.05, 0) is 49.0 Å². The zero-order chi connectivity index (χ0) is 21.3. The summed E-state index contributed by atoms with van der Waals surface area (Å²) in [5.74, 6) is 0.138. The number of hydrogen-bond acceptors (Lipinski definition) is 7. The van der Waals surface area contributed by atoms with Gasteiger partial charge in [-0.15, -0.1) is 0 Å². The molecule has 4 rings (SSSR count). The summed E-state index contributed by atoms with van der Waals surface area (Å²) in [5, 5.41) is 7.22. The second kappa shape index (κ2) is 8.03. The van der Waals surface area contributed by atoms with Gasteiger partial charge in [0.05, 0.1) is 28.6 Å². The third-order valence-electron chi connectivity index (χ3n) is 4.33. The molecule has 0 radical (unpaired) electrons. The van der Waals surface area contributed by atoms with Gasteiger partial charge in [0, 0.05) is 19.0 Å². The van der Waals surface area contributed by atoms with E-state index in [4.69, 9.17) is 8.94 Å². The van der Waals surface area contributed by atoms with Crippen LogP contribution in [0.25, 0.3) is 22.6 Å². The summed E-state index contributed by atoms with van der Waals surface area (Å²) in [5.41, 5.74) is 2.14. The molecule has 0 fully saturated rings. The summed E-state index contributed by atoms with van der Waals surface area (Å²) >= 11 is 1.04. The summed E-state index contributed by atoms with van der Waals surface area (Å²) in [4.78, 5) is 31.9. The summed E-state index contributed by atoms with van der Waals surface area (Å²) in [6.07, 6.45) is 1.53. The van der Waals surface area contributed by atoms with E-state index in [1.807, 2.05) is 6.07 Å². The van der Waals surface area contributed by atoms with Crippen molar-refractivity contribution in [1.29, 1.82) is 0 Å². The fourth-order valence-electron chi connectivity index (χ4n) is 2.86. The third kappa shape index (κ3) is 3.79. The van der Waals surface area contributed by atoms with Gasteiger partial charge < -0.3 is 19.2 Å². The molecule has 0 unspecified atom stereocenters. The van der Waals surface area contributed by atoms with Gasteiger partial charge in [-0.3, -0.25) is 9.59 Å². The third-order valence-corrected chi connectivity index (χ3v) is 5.45. The van der Waals surface area contributed by atoms with Gasteiger partial charge in [0.1, 0.15) is 5.69 Å². The summed E-state index contributed by atoms with van der Waals surface area (Å²) < 4.78 is 10.7. The standard InChI is InChI=1S/C21H18N4O4S/c1-12-18-13(11-15(16-8-6-10-28-16)23-20(18)29-24-12)19(26)22-14-7-4-5-9-17(14)30-21(27)25(2)3/h4-11H,1-3H3,(H,22,26). The minimum absolute atomic E-state index is 0.141. The fourth-order valence-corrected chi connectivity index (χ4v) is 3.60. The molecule has 3 aromatic heterocycles. The maximum Gasteiger partial charge on any atom is 0.286 e. The Hall–Kier alpha value is -3.59. The SMILES string of the molecule is Cc1noc2nc(-c3ccco3)cc(C(=O)Nc3ccccc3SC(=O)N(C)C)c12. The number of nitrogens with zero attached hydrogens (tertiary/aromatic N) is 3. The number of benzene rings is 1. The van der Waals surface area contributed by atoms with Gasteiger partial charge in [-0.1, -0.05) is 17.3 Å². The van der Waals surface area contributed by atoms with E-state index in [1.54, 1.807) is 57.4 Å². The molecule has 3 heterocycles. The minimum Gasteiger partial charge on any atom is -0.463 e. The Bertz CT molecular complexity index is 1230. The Balaban J connectivity index is 1.73. The zero-order valence-corrected chi connectivity index (χ0v) is 17.3. The molecule has 0 aliphatic carbocycles. The van der Waals surface area contributed by atoms with E-state index < -0.39 is 0 Å². The first-order valence-corrected chi connectivity index (χ1v) is 9.86. The number of aryl methyl sites for hydroxylation is 1. The fraction of sp³-hybridized carbons (Fsp3) is 0.143. The normalized spacial score (nSPS) is 10.9. The molecule has 30 heavy (non-hydrogen) atoms. The predicted octanol–water partition coefficient (Wildman–Crippen LogP) is 4.82. The van der Waals surface area contributed by atoms with E-state index in [0.717, 1.165) is 11.8 Å². The molecule has 9 heteroatoms. The predicted molar refractivity (Wildman–Crippen MR) is 114 cm³/mol. The van der Waals surface area contributed by atoms with Crippen LogP contribution in [0.3, 0.4) is 0 Å². The molecule has 1 aromatic carbocycles. The van der Waals surface area contributed by atoms with Gasteiger partial charge in [0.15, 0.2) is 5.76 Å². The van der Waals surface area contributed by atoms with Crippen LogP contribution in [0.4, 0.5) is 10.5 Å². The molecule has 0 saturated carbocycles. The molecule has 2 amide bonds. The number of anilines is 1. The first kappa shape index (κ1) is 19.7. The number of para-hydroxylation sites is 1. The average molecular weight is 422 g/mol. The quantitative estimate of drug-likeness (QED) is 0.471. The molecule has 0 aliphatic heterocycles. The van der Waals surface area contributed by atoms with Gasteiger partial charge in [-0.2, -0.15) is 0 Å². The van der Waals surface area contributed by atoms with Crippen LogP contribution in [0.2, 0.25) is 0 Å². The number of thioether (sulfide) groups is 1. The van der Waals surface area contributed by atoms with Crippen molar-refractivity contribution in [3.05, 3.63) is 60.0 Å². The van der Waals surface area contributed by atoms with Crippen LogP contribution in [0.15, 0.2) is 62.6 Å². The summed E-state index contributed by atoms with van der Waals surface area (Å²) in [7, 11) is 3.35. The first-order chi connectivity index (χ1) is 14.4. The second-order valence-corrected chi connectivity index (χ2v) is 7.69. The highest BCUT2D eigenvalue weighted by molar-refractivity contribution is 8.13. The van der Waals surface area contributed by atoms with Crippen molar-refractivity contribution < 1.29 is 18.5 Å². The molecule has 0 atom stereocenters. The highest BCUT2D eigenvalue weighted by atomic mass is 32.2. The number of aromatic nitrogens is 2. The van der Waals surface area contributed by atoms with Crippen molar-refractivity contribution in [3.63, 3.8) is 0 Å². The smallest absolute Gasteiger partial charge is 0.286 e. The lowest BCUT2D eigenvalue weighted by Gasteiger charge is -2.13. The van der Waals surface area contributed by atoms with E-state index >= 15 is 0 Å². The topological polar surface area (TPSA) is 101 Å². The molecule has 0 aliphatic rings. The van der Waals surface area contributed by atoms with Crippen LogP contribution in [0.5, 0.6) is 0 Å². The van der Waals surface area contributed by atoms with Crippen LogP contribution in [-0.4, -0.2) is 40.3 Å². The van der Waals surface area contributed by atoms with Crippen LogP contribution in [0.1, 0.15) is 16.1 Å². The molecule has 8 nitrogen and oxygen atoms in total. The maximum atomic E-state index is 13.2. The molecule has 0 saturated heterocycles. The largest absolute Gasteiger partial charge is 0.463 e. The number of amides is 2. The van der Waals surface area contributed by atoms with Crippen molar-refractivity contribution in [3.8, 4) is 11.5 Å². The van der Waals surface area contributed by atoms with Crippen molar-refractivity contribution in [2.45, 2.75) is 11.8 Å². The van der Waals surface area contributed by atoms with Crippen molar-refractivity contribution in [1.82, 2.24) is 15.0 Å². The van der Waals surface area contributed by atoms with Crippen molar-refractivity contribution >= 4 is 39.7 Å². The molecular weight excluding hydrogens is 404 g/mol. The Morgan fingerprint density at radius 2 is 1.93 bits per heavy atom.